The maximum atomic E-state index is 12.4. The normalized spacial score (nSPS) is 10.6. The Morgan fingerprint density at radius 2 is 1.90 bits per heavy atom. The first-order valence-electron chi connectivity index (χ1n) is 8.37. The molecule has 10 heteroatoms. The number of ether oxygens (including phenoxy) is 2. The summed E-state index contributed by atoms with van der Waals surface area (Å²) in [5.41, 5.74) is 0.334. The van der Waals surface area contributed by atoms with Crippen molar-refractivity contribution >= 4 is 27.6 Å². The number of halogens is 1. The van der Waals surface area contributed by atoms with Crippen molar-refractivity contribution in [1.82, 2.24) is 4.72 Å². The third-order valence-corrected chi connectivity index (χ3v) is 5.32. The molecule has 0 aliphatic carbocycles. The van der Waals surface area contributed by atoms with Crippen LogP contribution in [0.3, 0.4) is 0 Å². The molecular formula is C19H16ClN3O5S. The van der Waals surface area contributed by atoms with Gasteiger partial charge in [0, 0.05) is 19.0 Å². The predicted molar refractivity (Wildman–Crippen MR) is 104 cm³/mol. The highest BCUT2D eigenvalue weighted by Crippen LogP contribution is 2.37. The first-order valence-corrected chi connectivity index (χ1v) is 10.2. The summed E-state index contributed by atoms with van der Waals surface area (Å²) < 4.78 is 37.2. The number of nitrogens with zero attached hydrogens (tertiary/aromatic N) is 2. The number of benzene rings is 2. The Morgan fingerprint density at radius 1 is 1.21 bits per heavy atom. The molecule has 0 bridgehead atoms. The Kier molecular flexibility index (Phi) is 7.57. The van der Waals surface area contributed by atoms with Gasteiger partial charge in [-0.05, 0) is 37.3 Å². The van der Waals surface area contributed by atoms with Crippen molar-refractivity contribution in [1.29, 1.82) is 10.5 Å². The van der Waals surface area contributed by atoms with Crippen molar-refractivity contribution in [3.05, 3.63) is 52.5 Å². The van der Waals surface area contributed by atoms with E-state index >= 15 is 0 Å². The van der Waals surface area contributed by atoms with Crippen LogP contribution < -0.4 is 14.2 Å². The van der Waals surface area contributed by atoms with Crippen molar-refractivity contribution in [3.63, 3.8) is 0 Å². The van der Waals surface area contributed by atoms with Crippen LogP contribution in [0.1, 0.15) is 29.3 Å². The molecular weight excluding hydrogens is 418 g/mol. The van der Waals surface area contributed by atoms with Crippen molar-refractivity contribution in [2.45, 2.75) is 18.2 Å². The summed E-state index contributed by atoms with van der Waals surface area (Å²) in [4.78, 5) is 12.4. The average Bonchev–Trinajstić information content (AvgIpc) is 2.70. The quantitative estimate of drug-likeness (QED) is 0.384. The summed E-state index contributed by atoms with van der Waals surface area (Å²) in [5, 5.41) is 17.5. The number of rotatable bonds is 8. The van der Waals surface area contributed by atoms with Gasteiger partial charge in [0.25, 0.3) is 0 Å². The third-order valence-electron chi connectivity index (χ3n) is 3.56. The number of nitrogens with one attached hydrogen (secondary N) is 1. The van der Waals surface area contributed by atoms with E-state index in [4.69, 9.17) is 31.6 Å². The molecule has 2 aromatic rings. The van der Waals surface area contributed by atoms with E-state index in [2.05, 4.69) is 4.72 Å². The molecule has 0 saturated carbocycles. The summed E-state index contributed by atoms with van der Waals surface area (Å²) in [6, 6.07) is 11.6. The Hall–Kier alpha value is -3.11. The number of carbonyl (C=O) groups excluding carboxylic acids is 1. The highest BCUT2D eigenvalue weighted by molar-refractivity contribution is 7.89. The zero-order valence-electron chi connectivity index (χ0n) is 15.3. The van der Waals surface area contributed by atoms with Crippen molar-refractivity contribution < 1.29 is 22.7 Å². The van der Waals surface area contributed by atoms with Gasteiger partial charge in [0.2, 0.25) is 10.0 Å². The van der Waals surface area contributed by atoms with Crippen molar-refractivity contribution in [3.8, 4) is 23.6 Å². The topological polar surface area (TPSA) is 129 Å². The second kappa shape index (κ2) is 9.89. The molecule has 0 fully saturated rings. The molecule has 0 atom stereocenters. The van der Waals surface area contributed by atoms with E-state index in [1.165, 1.54) is 36.4 Å². The summed E-state index contributed by atoms with van der Waals surface area (Å²) in [6.45, 7) is 1.98. The fourth-order valence-corrected chi connectivity index (χ4v) is 3.52. The van der Waals surface area contributed by atoms with E-state index in [9.17, 15) is 13.2 Å². The lowest BCUT2D eigenvalue weighted by Gasteiger charge is -2.13. The average molecular weight is 434 g/mol. The molecule has 8 nitrogen and oxygen atoms in total. The minimum Gasteiger partial charge on any atom is -0.490 e. The zero-order chi connectivity index (χ0) is 21.4. The number of esters is 1. The highest BCUT2D eigenvalue weighted by atomic mass is 35.5. The van der Waals surface area contributed by atoms with Crippen LogP contribution in [0.2, 0.25) is 5.02 Å². The SMILES string of the molecule is CCOc1cc(C#N)cc(Cl)c1OC(=O)c1ccc(S(=O)(=O)NCCC#N)cc1. The Balaban J connectivity index is 2.22. The van der Waals surface area contributed by atoms with Gasteiger partial charge in [0.15, 0.2) is 11.5 Å². The monoisotopic (exact) mass is 433 g/mol. The van der Waals surface area contributed by atoms with E-state index in [-0.39, 0.29) is 52.1 Å². The van der Waals surface area contributed by atoms with Gasteiger partial charge < -0.3 is 9.47 Å². The van der Waals surface area contributed by atoms with Crippen LogP contribution in [0.4, 0.5) is 0 Å². The van der Waals surface area contributed by atoms with Crippen LogP contribution in [-0.4, -0.2) is 27.5 Å². The molecule has 0 spiro atoms. The second-order valence-corrected chi connectivity index (χ2v) is 7.72. The molecule has 29 heavy (non-hydrogen) atoms. The summed E-state index contributed by atoms with van der Waals surface area (Å²) >= 11 is 6.11. The molecule has 0 saturated heterocycles. The van der Waals surface area contributed by atoms with E-state index < -0.39 is 16.0 Å². The number of sulfonamides is 1. The lowest BCUT2D eigenvalue weighted by Crippen LogP contribution is -2.24. The molecule has 0 radical (unpaired) electrons. The molecule has 1 N–H and O–H groups in total. The smallest absolute Gasteiger partial charge is 0.343 e. The molecule has 0 aromatic heterocycles. The molecule has 0 heterocycles. The van der Waals surface area contributed by atoms with E-state index in [0.717, 1.165) is 0 Å². The number of hydrogen-bond donors (Lipinski definition) is 1. The van der Waals surface area contributed by atoms with Gasteiger partial charge in [-0.25, -0.2) is 17.9 Å². The van der Waals surface area contributed by atoms with Gasteiger partial charge in [-0.1, -0.05) is 11.6 Å². The second-order valence-electron chi connectivity index (χ2n) is 5.55. The maximum Gasteiger partial charge on any atom is 0.343 e. The lowest BCUT2D eigenvalue weighted by molar-refractivity contribution is 0.0728. The molecule has 2 aromatic carbocycles. The predicted octanol–water partition coefficient (Wildman–Crippen LogP) is 3.02. The Morgan fingerprint density at radius 3 is 2.48 bits per heavy atom. The van der Waals surface area contributed by atoms with Gasteiger partial charge >= 0.3 is 5.97 Å². The molecule has 150 valence electrons. The van der Waals surface area contributed by atoms with Crippen LogP contribution in [0, 0.1) is 22.7 Å². The zero-order valence-corrected chi connectivity index (χ0v) is 16.9. The van der Waals surface area contributed by atoms with E-state index in [0.29, 0.717) is 0 Å². The van der Waals surface area contributed by atoms with E-state index in [1.54, 1.807) is 6.92 Å². The van der Waals surface area contributed by atoms with Gasteiger partial charge in [0.1, 0.15) is 0 Å². The van der Waals surface area contributed by atoms with E-state index in [1.807, 2.05) is 12.1 Å². The molecule has 0 unspecified atom stereocenters. The Bertz CT molecular complexity index is 1090. The summed E-state index contributed by atoms with van der Waals surface area (Å²) in [7, 11) is -3.79. The number of hydrogen-bond acceptors (Lipinski definition) is 7. The van der Waals surface area contributed by atoms with Crippen LogP contribution in [0.25, 0.3) is 0 Å². The molecule has 2 rings (SSSR count). The van der Waals surface area contributed by atoms with Crippen LogP contribution >= 0.6 is 11.6 Å². The number of nitriles is 2. The van der Waals surface area contributed by atoms with Crippen LogP contribution in [0.5, 0.6) is 11.5 Å². The largest absolute Gasteiger partial charge is 0.490 e. The molecule has 0 aliphatic heterocycles. The number of carbonyl (C=O) groups is 1. The van der Waals surface area contributed by atoms with Crippen LogP contribution in [-0.2, 0) is 10.0 Å². The molecule has 0 aliphatic rings. The minimum absolute atomic E-state index is 0.0139. The fraction of sp³-hybridized carbons (Fsp3) is 0.211. The van der Waals surface area contributed by atoms with Gasteiger partial charge in [-0.3, -0.25) is 0 Å². The summed E-state index contributed by atoms with van der Waals surface area (Å²) in [6.07, 6.45) is 0.0388. The van der Waals surface area contributed by atoms with Crippen molar-refractivity contribution in [2.75, 3.05) is 13.2 Å². The first kappa shape index (κ1) is 22.2. The van der Waals surface area contributed by atoms with Gasteiger partial charge in [-0.15, -0.1) is 0 Å². The van der Waals surface area contributed by atoms with Crippen LogP contribution in [0.15, 0.2) is 41.3 Å². The molecule has 0 amide bonds. The van der Waals surface area contributed by atoms with Gasteiger partial charge in [-0.2, -0.15) is 10.5 Å². The Labute approximate surface area is 173 Å². The lowest BCUT2D eigenvalue weighted by atomic mass is 10.2. The standard InChI is InChI=1S/C19H16ClN3O5S/c1-2-27-17-11-13(12-22)10-16(20)18(17)28-19(24)14-4-6-15(7-5-14)29(25,26)23-9-3-8-21/h4-7,10-11,23H,2-3,9H2,1H3. The summed E-state index contributed by atoms with van der Waals surface area (Å²) in [5.74, 6) is -0.669. The van der Waals surface area contributed by atoms with Gasteiger partial charge in [0.05, 0.1) is 39.8 Å². The van der Waals surface area contributed by atoms with Crippen molar-refractivity contribution in [2.24, 2.45) is 0 Å². The maximum absolute atomic E-state index is 12.4. The minimum atomic E-state index is -3.79. The highest BCUT2D eigenvalue weighted by Gasteiger charge is 2.19. The fourth-order valence-electron chi connectivity index (χ4n) is 2.24. The third kappa shape index (κ3) is 5.69. The first-order chi connectivity index (χ1) is 13.8.